The third-order valence-corrected chi connectivity index (χ3v) is 2.44. The maximum absolute atomic E-state index is 12.7. The third kappa shape index (κ3) is 3.89. The van der Waals surface area contributed by atoms with E-state index in [-0.39, 0.29) is 5.69 Å². The molecule has 0 aliphatic heterocycles. The van der Waals surface area contributed by atoms with Crippen molar-refractivity contribution in [2.24, 2.45) is 0 Å². The molecule has 1 N–H and O–H groups in total. The number of anilines is 1. The fourth-order valence-electron chi connectivity index (χ4n) is 1.54. The van der Waals surface area contributed by atoms with Crippen LogP contribution in [0.3, 0.4) is 0 Å². The van der Waals surface area contributed by atoms with Crippen LogP contribution in [0.25, 0.3) is 0 Å². The van der Waals surface area contributed by atoms with Crippen LogP contribution in [0.5, 0.6) is 0 Å². The summed E-state index contributed by atoms with van der Waals surface area (Å²) in [5.41, 5.74) is -0.518. The van der Waals surface area contributed by atoms with Gasteiger partial charge in [-0.1, -0.05) is 0 Å². The molecular weight excluding hydrogens is 231 g/mol. The third-order valence-electron chi connectivity index (χ3n) is 2.44. The number of nitrogens with one attached hydrogen (secondary N) is 1. The molecule has 1 aromatic heterocycles. The summed E-state index contributed by atoms with van der Waals surface area (Å²) in [6.45, 7) is 1.32. The minimum atomic E-state index is -4.34. The summed E-state index contributed by atoms with van der Waals surface area (Å²) < 4.78 is 38.2. The minimum absolute atomic E-state index is 0.121. The molecule has 0 aliphatic carbocycles. The van der Waals surface area contributed by atoms with Crippen molar-refractivity contribution in [2.45, 2.75) is 12.6 Å². The molecule has 3 nitrogen and oxygen atoms in total. The SMILES string of the molecule is CNCCCN(C)c1cnccc1C(F)(F)F. The molecule has 0 fully saturated rings. The van der Waals surface area contributed by atoms with Gasteiger partial charge < -0.3 is 10.2 Å². The fourth-order valence-corrected chi connectivity index (χ4v) is 1.54. The second-order valence-electron chi connectivity index (χ2n) is 3.77. The largest absolute Gasteiger partial charge is 0.418 e. The summed E-state index contributed by atoms with van der Waals surface area (Å²) in [5.74, 6) is 0. The summed E-state index contributed by atoms with van der Waals surface area (Å²) in [6, 6.07) is 1.00. The fraction of sp³-hybridized carbons (Fsp3) is 0.545. The van der Waals surface area contributed by atoms with Gasteiger partial charge in [-0.3, -0.25) is 4.98 Å². The first-order valence-corrected chi connectivity index (χ1v) is 5.33. The van der Waals surface area contributed by atoms with Crippen molar-refractivity contribution in [3.05, 3.63) is 24.0 Å². The molecule has 17 heavy (non-hydrogen) atoms. The summed E-state index contributed by atoms with van der Waals surface area (Å²) in [7, 11) is 3.45. The average molecular weight is 247 g/mol. The van der Waals surface area contributed by atoms with Gasteiger partial charge in [-0.15, -0.1) is 0 Å². The van der Waals surface area contributed by atoms with Crippen molar-refractivity contribution in [3.8, 4) is 0 Å². The van der Waals surface area contributed by atoms with E-state index in [2.05, 4.69) is 10.3 Å². The molecule has 0 bridgehead atoms. The molecule has 1 heterocycles. The van der Waals surface area contributed by atoms with Gasteiger partial charge in [0.25, 0.3) is 0 Å². The van der Waals surface area contributed by atoms with Crippen molar-refractivity contribution in [1.82, 2.24) is 10.3 Å². The number of hydrogen-bond donors (Lipinski definition) is 1. The molecule has 96 valence electrons. The smallest absolute Gasteiger partial charge is 0.373 e. The Morgan fingerprint density at radius 1 is 1.41 bits per heavy atom. The van der Waals surface area contributed by atoms with E-state index in [0.29, 0.717) is 6.54 Å². The molecule has 0 amide bonds. The highest BCUT2D eigenvalue weighted by atomic mass is 19.4. The van der Waals surface area contributed by atoms with E-state index in [1.54, 1.807) is 11.9 Å². The van der Waals surface area contributed by atoms with Crippen LogP contribution in [0.1, 0.15) is 12.0 Å². The second-order valence-corrected chi connectivity index (χ2v) is 3.77. The first kappa shape index (κ1) is 13.8. The van der Waals surface area contributed by atoms with Crippen LogP contribution in [-0.4, -0.2) is 32.2 Å². The molecule has 0 atom stereocenters. The normalized spacial score (nSPS) is 11.6. The Morgan fingerprint density at radius 2 is 2.12 bits per heavy atom. The van der Waals surface area contributed by atoms with Crippen LogP contribution in [0.15, 0.2) is 18.5 Å². The molecule has 0 spiro atoms. The van der Waals surface area contributed by atoms with Crippen LogP contribution in [-0.2, 0) is 6.18 Å². The lowest BCUT2D eigenvalue weighted by Gasteiger charge is -2.22. The van der Waals surface area contributed by atoms with E-state index in [1.165, 1.54) is 6.20 Å². The first-order valence-electron chi connectivity index (χ1n) is 5.33. The van der Waals surface area contributed by atoms with Crippen LogP contribution < -0.4 is 10.2 Å². The van der Waals surface area contributed by atoms with Gasteiger partial charge in [0.1, 0.15) is 0 Å². The molecule has 0 aromatic carbocycles. The first-order chi connectivity index (χ1) is 7.96. The summed E-state index contributed by atoms with van der Waals surface area (Å²) in [6.07, 6.45) is -1.15. The van der Waals surface area contributed by atoms with Crippen molar-refractivity contribution in [1.29, 1.82) is 0 Å². The van der Waals surface area contributed by atoms with Crippen LogP contribution in [0.2, 0.25) is 0 Å². The van der Waals surface area contributed by atoms with Gasteiger partial charge in [0.2, 0.25) is 0 Å². The number of pyridine rings is 1. The van der Waals surface area contributed by atoms with Gasteiger partial charge in [0.05, 0.1) is 17.4 Å². The van der Waals surface area contributed by atoms with Crippen molar-refractivity contribution >= 4 is 5.69 Å². The Bertz CT molecular complexity index is 352. The highest BCUT2D eigenvalue weighted by molar-refractivity contribution is 5.52. The lowest BCUT2D eigenvalue weighted by Crippen LogP contribution is -2.25. The molecule has 0 aliphatic rings. The predicted molar refractivity (Wildman–Crippen MR) is 61.1 cm³/mol. The highest BCUT2D eigenvalue weighted by Gasteiger charge is 2.34. The highest BCUT2D eigenvalue weighted by Crippen LogP contribution is 2.35. The number of hydrogen-bond acceptors (Lipinski definition) is 3. The van der Waals surface area contributed by atoms with Crippen LogP contribution in [0.4, 0.5) is 18.9 Å². The van der Waals surface area contributed by atoms with Gasteiger partial charge in [-0.25, -0.2) is 0 Å². The minimum Gasteiger partial charge on any atom is -0.373 e. The Labute approximate surface area is 98.6 Å². The molecule has 1 rings (SSSR count). The van der Waals surface area contributed by atoms with Crippen molar-refractivity contribution in [2.75, 3.05) is 32.1 Å². The zero-order valence-corrected chi connectivity index (χ0v) is 9.88. The number of alkyl halides is 3. The maximum Gasteiger partial charge on any atom is 0.418 e. The zero-order valence-electron chi connectivity index (χ0n) is 9.88. The summed E-state index contributed by atoms with van der Waals surface area (Å²) in [4.78, 5) is 5.33. The van der Waals surface area contributed by atoms with Crippen LogP contribution in [0, 0.1) is 0 Å². The van der Waals surface area contributed by atoms with Crippen molar-refractivity contribution in [3.63, 3.8) is 0 Å². The van der Waals surface area contributed by atoms with E-state index in [0.717, 1.165) is 25.2 Å². The predicted octanol–water partition coefficient (Wildman–Crippen LogP) is 2.15. The second kappa shape index (κ2) is 5.86. The zero-order chi connectivity index (χ0) is 12.9. The molecule has 0 radical (unpaired) electrons. The van der Waals surface area contributed by atoms with E-state index in [1.807, 2.05) is 7.05 Å². The van der Waals surface area contributed by atoms with Gasteiger partial charge in [-0.05, 0) is 26.1 Å². The standard InChI is InChI=1S/C11H16F3N3/c1-15-5-3-7-17(2)10-8-16-6-4-9(10)11(12,13)14/h4,6,8,15H,3,5,7H2,1-2H3. The number of halogens is 3. The van der Waals surface area contributed by atoms with Crippen LogP contribution >= 0.6 is 0 Å². The molecule has 0 unspecified atom stereocenters. The number of rotatable bonds is 5. The summed E-state index contributed by atoms with van der Waals surface area (Å²) >= 11 is 0. The molecular formula is C11H16F3N3. The Balaban J connectivity index is 2.82. The van der Waals surface area contributed by atoms with Gasteiger partial charge in [0.15, 0.2) is 0 Å². The van der Waals surface area contributed by atoms with E-state index < -0.39 is 11.7 Å². The molecule has 1 aromatic rings. The maximum atomic E-state index is 12.7. The Kier molecular flexibility index (Phi) is 4.74. The van der Waals surface area contributed by atoms with E-state index in [9.17, 15) is 13.2 Å². The van der Waals surface area contributed by atoms with Gasteiger partial charge >= 0.3 is 6.18 Å². The van der Waals surface area contributed by atoms with E-state index in [4.69, 9.17) is 0 Å². The lowest BCUT2D eigenvalue weighted by atomic mass is 10.2. The van der Waals surface area contributed by atoms with E-state index >= 15 is 0 Å². The summed E-state index contributed by atoms with van der Waals surface area (Å²) in [5, 5.41) is 2.95. The topological polar surface area (TPSA) is 28.2 Å². The van der Waals surface area contributed by atoms with Crippen molar-refractivity contribution < 1.29 is 13.2 Å². The molecule has 0 saturated heterocycles. The van der Waals surface area contributed by atoms with Gasteiger partial charge in [-0.2, -0.15) is 13.2 Å². The quantitative estimate of drug-likeness (QED) is 0.808. The Morgan fingerprint density at radius 3 is 2.71 bits per heavy atom. The molecule has 6 heteroatoms. The Hall–Kier alpha value is -1.30. The monoisotopic (exact) mass is 247 g/mol. The lowest BCUT2D eigenvalue weighted by molar-refractivity contribution is -0.137. The average Bonchev–Trinajstić information content (AvgIpc) is 2.28. The number of aromatic nitrogens is 1. The van der Waals surface area contributed by atoms with Gasteiger partial charge in [0, 0.05) is 19.8 Å². The molecule has 0 saturated carbocycles. The number of nitrogens with zero attached hydrogens (tertiary/aromatic N) is 2.